The quantitative estimate of drug-likeness (QED) is 0.457. The zero-order valence-corrected chi connectivity index (χ0v) is 21.4. The van der Waals surface area contributed by atoms with Crippen LogP contribution in [0.2, 0.25) is 0 Å². The Labute approximate surface area is 220 Å². The van der Waals surface area contributed by atoms with Crippen molar-refractivity contribution in [3.05, 3.63) is 70.3 Å². The third-order valence-corrected chi connectivity index (χ3v) is 7.83. The molecule has 198 valence electrons. The molecule has 1 saturated carbocycles. The van der Waals surface area contributed by atoms with E-state index in [-0.39, 0.29) is 35.2 Å². The maximum absolute atomic E-state index is 13.9. The molecule has 0 atom stereocenters. The first-order valence-electron chi connectivity index (χ1n) is 13.1. The first-order chi connectivity index (χ1) is 18.2. The number of nitrogens with zero attached hydrogens (tertiary/aromatic N) is 4. The number of anilines is 1. The first kappa shape index (κ1) is 26.0. The fourth-order valence-corrected chi connectivity index (χ4v) is 5.77. The van der Waals surface area contributed by atoms with Crippen LogP contribution in [0.25, 0.3) is 10.9 Å². The highest BCUT2D eigenvalue weighted by Crippen LogP contribution is 2.35. The minimum atomic E-state index is -3.01. The van der Waals surface area contributed by atoms with Gasteiger partial charge in [-0.1, -0.05) is 12.1 Å². The lowest BCUT2D eigenvalue weighted by atomic mass is 9.85. The minimum Gasteiger partial charge on any atom is -0.377 e. The molecule has 0 unspecified atom stereocenters. The summed E-state index contributed by atoms with van der Waals surface area (Å²) in [7, 11) is 0. The molecule has 2 fully saturated rings. The van der Waals surface area contributed by atoms with Crippen molar-refractivity contribution in [2.75, 3.05) is 25.0 Å². The van der Waals surface area contributed by atoms with Gasteiger partial charge in [-0.15, -0.1) is 0 Å². The van der Waals surface area contributed by atoms with Crippen LogP contribution in [0.4, 0.5) is 14.5 Å². The third kappa shape index (κ3) is 5.60. The molecule has 0 bridgehead atoms. The molecule has 1 aromatic carbocycles. The van der Waals surface area contributed by atoms with E-state index in [1.165, 1.54) is 24.3 Å². The number of halogens is 2. The van der Waals surface area contributed by atoms with Crippen LogP contribution in [0, 0.1) is 17.2 Å². The van der Waals surface area contributed by atoms with Crippen LogP contribution >= 0.6 is 0 Å². The van der Waals surface area contributed by atoms with Crippen molar-refractivity contribution in [2.24, 2.45) is 5.92 Å². The number of alkyl halides is 2. The molecule has 2 aromatic heterocycles. The van der Waals surface area contributed by atoms with E-state index in [2.05, 4.69) is 15.2 Å². The highest BCUT2D eigenvalue weighted by Gasteiger charge is 2.35. The lowest BCUT2D eigenvalue weighted by molar-refractivity contribution is -0.120. The number of carbonyl (C=O) groups excluding carboxylic acids is 1. The molecule has 1 saturated heterocycles. The van der Waals surface area contributed by atoms with Gasteiger partial charge < -0.3 is 9.88 Å². The summed E-state index contributed by atoms with van der Waals surface area (Å²) in [5, 5.41) is 12.8. The number of hydrogen-bond acceptors (Lipinski definition) is 6. The normalized spacial score (nSPS) is 20.6. The number of pyridine rings is 2. The molecule has 0 amide bonds. The topological polar surface area (TPSA) is 91.0 Å². The van der Waals surface area contributed by atoms with E-state index in [0.29, 0.717) is 35.0 Å². The van der Waals surface area contributed by atoms with Crippen LogP contribution in [-0.2, 0) is 10.7 Å². The maximum atomic E-state index is 13.9. The number of hydrogen-bond donors (Lipinski definition) is 1. The monoisotopic (exact) mass is 519 g/mol. The van der Waals surface area contributed by atoms with Gasteiger partial charge in [0.05, 0.1) is 12.1 Å². The molecule has 5 rings (SSSR count). The highest BCUT2D eigenvalue weighted by molar-refractivity contribution is 5.94. The fourth-order valence-electron chi connectivity index (χ4n) is 5.77. The predicted octanol–water partition coefficient (Wildman–Crippen LogP) is 4.87. The Bertz CT molecular complexity index is 1430. The number of fused-ring (bicyclic) bond motifs is 1. The predicted molar refractivity (Wildman–Crippen MR) is 141 cm³/mol. The minimum absolute atomic E-state index is 0.0438. The number of Topliss-reactive ketones (excluding diaryl/α,β-unsaturated/α-hetero) is 1. The smallest absolute Gasteiger partial charge is 0.270 e. The van der Waals surface area contributed by atoms with Crippen LogP contribution in [0.5, 0.6) is 0 Å². The summed E-state index contributed by atoms with van der Waals surface area (Å²) >= 11 is 0. The van der Waals surface area contributed by atoms with Crippen molar-refractivity contribution in [2.45, 2.75) is 57.0 Å². The van der Waals surface area contributed by atoms with Gasteiger partial charge in [-0.25, -0.2) is 13.8 Å². The molecular formula is C29H31F2N5O2. The molecular weight excluding hydrogens is 488 g/mol. The first-order valence-corrected chi connectivity index (χ1v) is 13.1. The number of likely N-dealkylation sites (tertiary alicyclic amines) is 1. The summed E-state index contributed by atoms with van der Waals surface area (Å²) in [6.07, 6.45) is 6.38. The summed E-state index contributed by atoms with van der Waals surface area (Å²) in [6, 6.07) is 13.7. The molecule has 0 radical (unpaired) electrons. The fraction of sp³-hybridized carbons (Fsp3) is 0.448. The van der Waals surface area contributed by atoms with E-state index < -0.39 is 5.92 Å². The van der Waals surface area contributed by atoms with Crippen molar-refractivity contribution in [1.29, 1.82) is 5.26 Å². The Morgan fingerprint density at radius 3 is 2.55 bits per heavy atom. The zero-order chi connectivity index (χ0) is 26.9. The summed E-state index contributed by atoms with van der Waals surface area (Å²) in [6.45, 7) is 2.67. The highest BCUT2D eigenvalue weighted by atomic mass is 19.3. The Kier molecular flexibility index (Phi) is 7.26. The number of nitriles is 1. The van der Waals surface area contributed by atoms with Gasteiger partial charge in [0.1, 0.15) is 11.8 Å². The second-order valence-corrected chi connectivity index (χ2v) is 10.6. The van der Waals surface area contributed by atoms with Crippen LogP contribution in [0.15, 0.2) is 53.5 Å². The molecule has 9 heteroatoms. The van der Waals surface area contributed by atoms with Gasteiger partial charge >= 0.3 is 0 Å². The van der Waals surface area contributed by atoms with Gasteiger partial charge in [-0.2, -0.15) is 5.26 Å². The Morgan fingerprint density at radius 2 is 1.87 bits per heavy atom. The van der Waals surface area contributed by atoms with E-state index in [1.54, 1.807) is 12.1 Å². The summed E-state index contributed by atoms with van der Waals surface area (Å²) in [5.74, 6) is -2.67. The Hall–Kier alpha value is -3.64. The molecule has 1 aliphatic carbocycles. The van der Waals surface area contributed by atoms with Gasteiger partial charge in [0.15, 0.2) is 5.78 Å². The SMILES string of the molecule is CC(F)(F)c1ccc2nc(C#N)cc(NCC(=O)CC3CN(C4CCC(n5ccccc5=O)CC4)C3)c2c1. The lowest BCUT2D eigenvalue weighted by Crippen LogP contribution is -2.53. The van der Waals surface area contributed by atoms with Gasteiger partial charge in [0.2, 0.25) is 0 Å². The molecule has 2 aliphatic rings. The van der Waals surface area contributed by atoms with E-state index in [9.17, 15) is 23.6 Å². The van der Waals surface area contributed by atoms with Gasteiger partial charge in [-0.05, 0) is 55.9 Å². The van der Waals surface area contributed by atoms with Gasteiger partial charge in [0, 0.05) is 67.4 Å². The second kappa shape index (κ2) is 10.6. The molecule has 3 heterocycles. The summed E-state index contributed by atoms with van der Waals surface area (Å²) < 4.78 is 29.6. The Balaban J connectivity index is 1.13. The van der Waals surface area contributed by atoms with Gasteiger partial charge in [0.25, 0.3) is 11.5 Å². The van der Waals surface area contributed by atoms with Crippen LogP contribution in [0.3, 0.4) is 0 Å². The lowest BCUT2D eigenvalue weighted by Gasteiger charge is -2.46. The van der Waals surface area contributed by atoms with Crippen molar-refractivity contribution in [1.82, 2.24) is 14.5 Å². The average Bonchev–Trinajstić information content (AvgIpc) is 2.88. The van der Waals surface area contributed by atoms with E-state index in [4.69, 9.17) is 0 Å². The van der Waals surface area contributed by atoms with E-state index in [0.717, 1.165) is 45.7 Å². The van der Waals surface area contributed by atoms with Crippen LogP contribution < -0.4 is 10.9 Å². The number of rotatable bonds is 8. The molecule has 3 aromatic rings. The molecule has 1 N–H and O–H groups in total. The maximum Gasteiger partial charge on any atom is 0.270 e. The summed E-state index contributed by atoms with van der Waals surface area (Å²) in [4.78, 5) is 31.5. The van der Waals surface area contributed by atoms with Crippen molar-refractivity contribution in [3.63, 3.8) is 0 Å². The number of carbonyl (C=O) groups is 1. The second-order valence-electron chi connectivity index (χ2n) is 10.6. The average molecular weight is 520 g/mol. The molecule has 1 aliphatic heterocycles. The number of ketones is 1. The van der Waals surface area contributed by atoms with E-state index >= 15 is 0 Å². The molecule has 7 nitrogen and oxygen atoms in total. The Morgan fingerprint density at radius 1 is 1.13 bits per heavy atom. The zero-order valence-electron chi connectivity index (χ0n) is 21.4. The molecule has 0 spiro atoms. The van der Waals surface area contributed by atoms with Crippen molar-refractivity contribution in [3.8, 4) is 6.07 Å². The molecule has 38 heavy (non-hydrogen) atoms. The number of benzene rings is 1. The van der Waals surface area contributed by atoms with Gasteiger partial charge in [-0.3, -0.25) is 14.5 Å². The number of aromatic nitrogens is 2. The van der Waals surface area contributed by atoms with Crippen LogP contribution in [-0.4, -0.2) is 45.9 Å². The van der Waals surface area contributed by atoms with Crippen LogP contribution in [0.1, 0.15) is 56.3 Å². The largest absolute Gasteiger partial charge is 0.377 e. The third-order valence-electron chi connectivity index (χ3n) is 7.83. The van der Waals surface area contributed by atoms with E-state index in [1.807, 2.05) is 22.9 Å². The standard InChI is InChI=1S/C29H31F2N5O2/c1-29(30,31)20-5-10-26-25(13-20)27(14-21(15-32)34-26)33-16-24(37)12-19-17-35(18-19)22-6-8-23(9-7-22)36-11-3-2-4-28(36)38/h2-5,10-11,13-14,19,22-23H,6-9,12,16-18H2,1H3,(H,33,34). The van der Waals surface area contributed by atoms with Crippen molar-refractivity contribution < 1.29 is 13.6 Å². The van der Waals surface area contributed by atoms with Crippen molar-refractivity contribution >= 4 is 22.4 Å². The summed E-state index contributed by atoms with van der Waals surface area (Å²) in [5.41, 5.74) is 0.943. The number of nitrogens with one attached hydrogen (secondary N) is 1.